The van der Waals surface area contributed by atoms with Gasteiger partial charge in [0.2, 0.25) is 10.0 Å². The summed E-state index contributed by atoms with van der Waals surface area (Å²) >= 11 is 6.28. The molecule has 2 aromatic carbocycles. The van der Waals surface area contributed by atoms with Gasteiger partial charge in [-0.1, -0.05) is 36.7 Å². The fourth-order valence-corrected chi connectivity index (χ4v) is 6.34. The van der Waals surface area contributed by atoms with Crippen LogP contribution in [0.15, 0.2) is 47.4 Å². The van der Waals surface area contributed by atoms with Gasteiger partial charge < -0.3 is 4.90 Å². The Labute approximate surface area is 177 Å². The Morgan fingerprint density at radius 1 is 1.10 bits per heavy atom. The number of carbonyl (C=O) groups is 1. The number of sulfonamides is 1. The van der Waals surface area contributed by atoms with Crippen LogP contribution in [0.1, 0.15) is 42.1 Å². The van der Waals surface area contributed by atoms with E-state index in [1.54, 1.807) is 11.0 Å². The Balaban J connectivity index is 1.68. The number of piperidine rings is 1. The fraction of sp³-hybridized carbons (Fsp3) is 0.409. The topological polar surface area (TPSA) is 57.7 Å². The van der Waals surface area contributed by atoms with Crippen LogP contribution >= 0.6 is 11.6 Å². The molecule has 2 aliphatic heterocycles. The van der Waals surface area contributed by atoms with Crippen molar-refractivity contribution in [3.63, 3.8) is 0 Å². The minimum Gasteiger partial charge on any atom is -0.308 e. The molecule has 1 saturated heterocycles. The zero-order chi connectivity index (χ0) is 20.6. The quantitative estimate of drug-likeness (QED) is 0.724. The molecule has 0 unspecified atom stereocenters. The molecular formula is C22H25ClN2O3S. The Kier molecular flexibility index (Phi) is 5.69. The van der Waals surface area contributed by atoms with Gasteiger partial charge in [-0.25, -0.2) is 8.42 Å². The number of amides is 1. The number of anilines is 1. The summed E-state index contributed by atoms with van der Waals surface area (Å²) in [6, 6.07) is 12.4. The monoisotopic (exact) mass is 432 g/mol. The standard InChI is InChI=1S/C22H25ClN2O3S/c1-16-6-4-12-24(15-16)29(27,28)21-14-18(10-11-19(21)23)22(26)25-13-5-8-17-7-2-3-9-20(17)25/h2-3,7,9-11,14,16H,4-6,8,12-13,15H2,1H3/t16-/m0/s1. The van der Waals surface area contributed by atoms with E-state index >= 15 is 0 Å². The van der Waals surface area contributed by atoms with Gasteiger partial charge in [0.05, 0.1) is 5.02 Å². The first-order valence-corrected chi connectivity index (χ1v) is 11.9. The number of nitrogens with zero attached hydrogens (tertiary/aromatic N) is 2. The summed E-state index contributed by atoms with van der Waals surface area (Å²) in [6.45, 7) is 3.64. The second-order valence-electron chi connectivity index (χ2n) is 7.94. The number of hydrogen-bond donors (Lipinski definition) is 0. The van der Waals surface area contributed by atoms with Crippen molar-refractivity contribution in [2.45, 2.75) is 37.5 Å². The van der Waals surface area contributed by atoms with Crippen LogP contribution in [-0.2, 0) is 16.4 Å². The number of benzene rings is 2. The van der Waals surface area contributed by atoms with E-state index in [9.17, 15) is 13.2 Å². The van der Waals surface area contributed by atoms with Gasteiger partial charge in [0.25, 0.3) is 5.91 Å². The van der Waals surface area contributed by atoms with Crippen molar-refractivity contribution in [1.29, 1.82) is 0 Å². The lowest BCUT2D eigenvalue weighted by Gasteiger charge is -2.31. The molecule has 0 saturated carbocycles. The molecule has 4 rings (SSSR count). The highest BCUT2D eigenvalue weighted by atomic mass is 35.5. The maximum Gasteiger partial charge on any atom is 0.258 e. The number of fused-ring (bicyclic) bond motifs is 1. The van der Waals surface area contributed by atoms with Gasteiger partial charge in [-0.15, -0.1) is 0 Å². The molecule has 1 fully saturated rings. The van der Waals surface area contributed by atoms with Crippen molar-refractivity contribution in [1.82, 2.24) is 4.31 Å². The van der Waals surface area contributed by atoms with Gasteiger partial charge in [0.1, 0.15) is 4.90 Å². The van der Waals surface area contributed by atoms with Crippen LogP contribution in [0.3, 0.4) is 0 Å². The number of aryl methyl sites for hydroxylation is 1. The van der Waals surface area contributed by atoms with Crippen LogP contribution in [0, 0.1) is 5.92 Å². The maximum absolute atomic E-state index is 13.3. The molecule has 2 aliphatic rings. The number of carbonyl (C=O) groups excluding carboxylic acids is 1. The van der Waals surface area contributed by atoms with E-state index in [0.717, 1.165) is 36.9 Å². The third kappa shape index (κ3) is 3.93. The van der Waals surface area contributed by atoms with Crippen molar-refractivity contribution < 1.29 is 13.2 Å². The molecule has 0 aliphatic carbocycles. The van der Waals surface area contributed by atoms with Crippen molar-refractivity contribution in [3.8, 4) is 0 Å². The lowest BCUT2D eigenvalue weighted by atomic mass is 10.0. The molecule has 0 spiro atoms. The first-order valence-electron chi connectivity index (χ1n) is 10.1. The van der Waals surface area contributed by atoms with E-state index < -0.39 is 10.0 Å². The molecular weight excluding hydrogens is 408 g/mol. The second-order valence-corrected chi connectivity index (χ2v) is 10.3. The number of rotatable bonds is 3. The van der Waals surface area contributed by atoms with E-state index in [-0.39, 0.29) is 15.8 Å². The minimum atomic E-state index is -3.74. The lowest BCUT2D eigenvalue weighted by Crippen LogP contribution is -2.39. The number of halogens is 1. The average Bonchev–Trinajstić information content (AvgIpc) is 2.73. The van der Waals surface area contributed by atoms with Crippen molar-refractivity contribution in [2.24, 2.45) is 5.92 Å². The molecule has 5 nitrogen and oxygen atoms in total. The first kappa shape index (κ1) is 20.4. The van der Waals surface area contributed by atoms with E-state index in [4.69, 9.17) is 11.6 Å². The Morgan fingerprint density at radius 3 is 2.69 bits per heavy atom. The van der Waals surface area contributed by atoms with Crippen LogP contribution in [0.5, 0.6) is 0 Å². The summed E-state index contributed by atoms with van der Waals surface area (Å²) in [7, 11) is -3.74. The predicted octanol–water partition coefficient (Wildman–Crippen LogP) is 4.35. The summed E-state index contributed by atoms with van der Waals surface area (Å²) in [5.74, 6) is 0.115. The molecule has 1 amide bonds. The summed E-state index contributed by atoms with van der Waals surface area (Å²) in [5.41, 5.74) is 2.37. The summed E-state index contributed by atoms with van der Waals surface area (Å²) in [6.07, 6.45) is 3.67. The Hall–Kier alpha value is -1.89. The zero-order valence-electron chi connectivity index (χ0n) is 16.5. The molecule has 0 N–H and O–H groups in total. The summed E-state index contributed by atoms with van der Waals surface area (Å²) in [5, 5.41) is 0.152. The fourth-order valence-electron chi connectivity index (χ4n) is 4.24. The highest BCUT2D eigenvalue weighted by Crippen LogP contribution is 2.32. The molecule has 154 valence electrons. The third-order valence-electron chi connectivity index (χ3n) is 5.77. The first-order chi connectivity index (χ1) is 13.9. The summed E-state index contributed by atoms with van der Waals surface area (Å²) in [4.78, 5) is 15.0. The Bertz CT molecular complexity index is 1040. The molecule has 1 atom stereocenters. The third-order valence-corrected chi connectivity index (χ3v) is 8.12. The van der Waals surface area contributed by atoms with Crippen LogP contribution in [0.2, 0.25) is 5.02 Å². The zero-order valence-corrected chi connectivity index (χ0v) is 18.0. The molecule has 0 radical (unpaired) electrons. The van der Waals surface area contributed by atoms with Crippen molar-refractivity contribution in [3.05, 3.63) is 58.6 Å². The maximum atomic E-state index is 13.3. The highest BCUT2D eigenvalue weighted by molar-refractivity contribution is 7.89. The van der Waals surface area contributed by atoms with E-state index in [0.29, 0.717) is 31.1 Å². The molecule has 2 heterocycles. The van der Waals surface area contributed by atoms with Crippen LogP contribution in [0.4, 0.5) is 5.69 Å². The Morgan fingerprint density at radius 2 is 1.90 bits per heavy atom. The van der Waals surface area contributed by atoms with Gasteiger partial charge in [-0.3, -0.25) is 4.79 Å². The van der Waals surface area contributed by atoms with Crippen LogP contribution < -0.4 is 4.90 Å². The average molecular weight is 433 g/mol. The molecule has 0 bridgehead atoms. The molecule has 7 heteroatoms. The van der Waals surface area contributed by atoms with Gasteiger partial charge in [0, 0.05) is 30.9 Å². The number of para-hydroxylation sites is 1. The van der Waals surface area contributed by atoms with Gasteiger partial charge >= 0.3 is 0 Å². The highest BCUT2D eigenvalue weighted by Gasteiger charge is 2.32. The number of hydrogen-bond acceptors (Lipinski definition) is 3. The normalized spacial score (nSPS) is 20.3. The predicted molar refractivity (Wildman–Crippen MR) is 115 cm³/mol. The minimum absolute atomic E-state index is 0.0180. The summed E-state index contributed by atoms with van der Waals surface area (Å²) < 4.78 is 27.9. The lowest BCUT2D eigenvalue weighted by molar-refractivity contribution is 0.0985. The SMILES string of the molecule is C[C@H]1CCCN(S(=O)(=O)c2cc(C(=O)N3CCCc4ccccc43)ccc2Cl)C1. The van der Waals surface area contributed by atoms with Gasteiger partial charge in [-0.05, 0) is 61.4 Å². The smallest absolute Gasteiger partial charge is 0.258 e. The largest absolute Gasteiger partial charge is 0.308 e. The van der Waals surface area contributed by atoms with Gasteiger partial charge in [0.15, 0.2) is 0 Å². The van der Waals surface area contributed by atoms with E-state index in [2.05, 4.69) is 6.92 Å². The van der Waals surface area contributed by atoms with Crippen LogP contribution in [0.25, 0.3) is 0 Å². The van der Waals surface area contributed by atoms with Gasteiger partial charge in [-0.2, -0.15) is 4.31 Å². The van der Waals surface area contributed by atoms with E-state index in [1.807, 2.05) is 24.3 Å². The van der Waals surface area contributed by atoms with Crippen molar-refractivity contribution >= 4 is 33.2 Å². The molecule has 0 aromatic heterocycles. The molecule has 29 heavy (non-hydrogen) atoms. The van der Waals surface area contributed by atoms with Crippen LogP contribution in [-0.4, -0.2) is 38.3 Å². The second kappa shape index (κ2) is 8.09. The molecule has 2 aromatic rings. The van der Waals surface area contributed by atoms with E-state index in [1.165, 1.54) is 16.4 Å². The van der Waals surface area contributed by atoms with Crippen molar-refractivity contribution in [2.75, 3.05) is 24.5 Å².